The number of hydrogen-bond donors (Lipinski definition) is 2. The minimum absolute atomic E-state index is 0.0868. The first-order valence-corrected chi connectivity index (χ1v) is 9.63. The summed E-state index contributed by atoms with van der Waals surface area (Å²) in [5.74, 6) is -0.125. The van der Waals surface area contributed by atoms with E-state index in [1.807, 2.05) is 56.3 Å². The highest BCUT2D eigenvalue weighted by atomic mass is 35.5. The number of carboxylic acids is 1. The molecular weight excluding hydrogens is 384 g/mol. The number of aryl methyl sites for hydroxylation is 1. The number of aromatic nitrogens is 1. The standard InChI is InChI=1S/C20H19ClN2O3S/c1-3-26-15-8-5-13(6-9-15)19-17(11-18(24)25)27-20(23-19)22-14-7-4-12(2)16(21)10-14/h4-10H,3,11H2,1-2H3,(H,22,23)(H,24,25). The lowest BCUT2D eigenvalue weighted by Crippen LogP contribution is -1.99. The monoisotopic (exact) mass is 402 g/mol. The van der Waals surface area contributed by atoms with Crippen molar-refractivity contribution in [2.45, 2.75) is 20.3 Å². The molecule has 27 heavy (non-hydrogen) atoms. The smallest absolute Gasteiger partial charge is 0.308 e. The van der Waals surface area contributed by atoms with Gasteiger partial charge in [0.15, 0.2) is 5.13 Å². The van der Waals surface area contributed by atoms with E-state index in [4.69, 9.17) is 16.3 Å². The van der Waals surface area contributed by atoms with Crippen molar-refractivity contribution in [3.63, 3.8) is 0 Å². The number of nitrogens with one attached hydrogen (secondary N) is 1. The molecule has 0 bridgehead atoms. The quantitative estimate of drug-likeness (QED) is 0.542. The van der Waals surface area contributed by atoms with Crippen molar-refractivity contribution < 1.29 is 14.6 Å². The van der Waals surface area contributed by atoms with Crippen LogP contribution in [0.15, 0.2) is 42.5 Å². The maximum atomic E-state index is 11.3. The van der Waals surface area contributed by atoms with Gasteiger partial charge in [-0.2, -0.15) is 0 Å². The fraction of sp³-hybridized carbons (Fsp3) is 0.200. The summed E-state index contributed by atoms with van der Waals surface area (Å²) in [5, 5.41) is 13.7. The topological polar surface area (TPSA) is 71.5 Å². The van der Waals surface area contributed by atoms with Gasteiger partial charge in [-0.1, -0.05) is 17.7 Å². The van der Waals surface area contributed by atoms with Crippen molar-refractivity contribution in [2.24, 2.45) is 0 Å². The van der Waals surface area contributed by atoms with Crippen LogP contribution in [0, 0.1) is 6.92 Å². The second-order valence-corrected chi connectivity index (χ2v) is 7.40. The number of benzene rings is 2. The van der Waals surface area contributed by atoms with E-state index < -0.39 is 5.97 Å². The van der Waals surface area contributed by atoms with E-state index >= 15 is 0 Å². The molecule has 0 unspecified atom stereocenters. The summed E-state index contributed by atoms with van der Waals surface area (Å²) in [6.07, 6.45) is -0.0868. The third-order valence-electron chi connectivity index (χ3n) is 3.87. The summed E-state index contributed by atoms with van der Waals surface area (Å²) in [5.41, 5.74) is 3.30. The minimum atomic E-state index is -0.893. The zero-order valence-electron chi connectivity index (χ0n) is 15.0. The van der Waals surface area contributed by atoms with E-state index in [-0.39, 0.29) is 6.42 Å². The predicted molar refractivity (Wildman–Crippen MR) is 110 cm³/mol. The van der Waals surface area contributed by atoms with Gasteiger partial charge in [-0.3, -0.25) is 4.79 Å². The molecule has 0 aliphatic heterocycles. The van der Waals surface area contributed by atoms with Gasteiger partial charge in [-0.15, -0.1) is 11.3 Å². The lowest BCUT2D eigenvalue weighted by molar-refractivity contribution is -0.136. The molecule has 1 aromatic heterocycles. The molecule has 0 aliphatic carbocycles. The van der Waals surface area contributed by atoms with Crippen molar-refractivity contribution in [1.29, 1.82) is 0 Å². The van der Waals surface area contributed by atoms with Gasteiger partial charge in [0.2, 0.25) is 0 Å². The SMILES string of the molecule is CCOc1ccc(-c2nc(Nc3ccc(C)c(Cl)c3)sc2CC(=O)O)cc1. The van der Waals surface area contributed by atoms with E-state index in [0.29, 0.717) is 27.3 Å². The van der Waals surface area contributed by atoms with Crippen molar-refractivity contribution in [1.82, 2.24) is 4.98 Å². The molecule has 0 saturated heterocycles. The van der Waals surface area contributed by atoms with Crippen LogP contribution in [0.5, 0.6) is 5.75 Å². The van der Waals surface area contributed by atoms with E-state index in [1.165, 1.54) is 11.3 Å². The maximum absolute atomic E-state index is 11.3. The average Bonchev–Trinajstić information content (AvgIpc) is 3.00. The van der Waals surface area contributed by atoms with Crippen LogP contribution in [0.4, 0.5) is 10.8 Å². The van der Waals surface area contributed by atoms with Gasteiger partial charge < -0.3 is 15.2 Å². The van der Waals surface area contributed by atoms with Crippen LogP contribution >= 0.6 is 22.9 Å². The van der Waals surface area contributed by atoms with Crippen molar-refractivity contribution in [3.05, 3.63) is 57.9 Å². The molecule has 2 N–H and O–H groups in total. The summed E-state index contributed by atoms with van der Waals surface area (Å²) in [4.78, 5) is 16.6. The molecule has 3 rings (SSSR count). The van der Waals surface area contributed by atoms with Crippen molar-refractivity contribution >= 4 is 39.7 Å². The summed E-state index contributed by atoms with van der Waals surface area (Å²) in [6.45, 7) is 4.45. The van der Waals surface area contributed by atoms with Crippen molar-refractivity contribution in [3.8, 4) is 17.0 Å². The van der Waals surface area contributed by atoms with E-state index in [2.05, 4.69) is 10.3 Å². The molecule has 0 fully saturated rings. The van der Waals surface area contributed by atoms with Crippen LogP contribution in [0.2, 0.25) is 5.02 Å². The molecule has 0 atom stereocenters. The van der Waals surface area contributed by atoms with Crippen LogP contribution < -0.4 is 10.1 Å². The molecule has 5 nitrogen and oxygen atoms in total. The Morgan fingerprint density at radius 3 is 2.63 bits per heavy atom. The number of ether oxygens (including phenoxy) is 1. The molecule has 3 aromatic rings. The zero-order valence-corrected chi connectivity index (χ0v) is 16.5. The first-order valence-electron chi connectivity index (χ1n) is 8.44. The van der Waals surface area contributed by atoms with Crippen LogP contribution in [-0.4, -0.2) is 22.7 Å². The van der Waals surface area contributed by atoms with Gasteiger partial charge in [0, 0.05) is 21.2 Å². The number of aliphatic carboxylic acids is 1. The van der Waals surface area contributed by atoms with Crippen LogP contribution in [0.3, 0.4) is 0 Å². The normalized spacial score (nSPS) is 10.6. The Hall–Kier alpha value is -2.57. The molecule has 0 saturated carbocycles. The maximum Gasteiger partial charge on any atom is 0.308 e. The first kappa shape index (κ1) is 19.2. The van der Waals surface area contributed by atoms with Gasteiger partial charge in [-0.25, -0.2) is 4.98 Å². The highest BCUT2D eigenvalue weighted by Gasteiger charge is 2.16. The Kier molecular flexibility index (Phi) is 5.98. The van der Waals surface area contributed by atoms with Gasteiger partial charge in [0.1, 0.15) is 5.75 Å². The molecule has 0 spiro atoms. The van der Waals surface area contributed by atoms with Crippen LogP contribution in [0.1, 0.15) is 17.4 Å². The summed E-state index contributed by atoms with van der Waals surface area (Å²) in [7, 11) is 0. The van der Waals surface area contributed by atoms with Crippen LogP contribution in [-0.2, 0) is 11.2 Å². The van der Waals surface area contributed by atoms with E-state index in [9.17, 15) is 9.90 Å². The van der Waals surface area contributed by atoms with E-state index in [1.54, 1.807) is 0 Å². The molecule has 0 radical (unpaired) electrons. The molecule has 7 heteroatoms. The third kappa shape index (κ3) is 4.78. The van der Waals surface area contributed by atoms with Gasteiger partial charge in [0.25, 0.3) is 0 Å². The third-order valence-corrected chi connectivity index (χ3v) is 5.25. The number of thiazole rings is 1. The predicted octanol–water partition coefficient (Wildman–Crippen LogP) is 5.54. The molecular formula is C20H19ClN2O3S. The number of halogens is 1. The summed E-state index contributed by atoms with van der Waals surface area (Å²) < 4.78 is 5.46. The molecule has 140 valence electrons. The molecule has 0 amide bonds. The second-order valence-electron chi connectivity index (χ2n) is 5.91. The number of nitrogens with zero attached hydrogens (tertiary/aromatic N) is 1. The van der Waals surface area contributed by atoms with E-state index in [0.717, 1.165) is 22.6 Å². The minimum Gasteiger partial charge on any atom is -0.494 e. The first-order chi connectivity index (χ1) is 13.0. The van der Waals surface area contributed by atoms with Gasteiger partial charge in [0.05, 0.1) is 18.7 Å². The molecule has 2 aromatic carbocycles. The number of carbonyl (C=O) groups is 1. The number of carboxylic acid groups (broad SMARTS) is 1. The zero-order chi connectivity index (χ0) is 19.4. The highest BCUT2D eigenvalue weighted by molar-refractivity contribution is 7.16. The second kappa shape index (κ2) is 8.41. The Morgan fingerprint density at radius 2 is 2.00 bits per heavy atom. The van der Waals surface area contributed by atoms with Gasteiger partial charge in [-0.05, 0) is 55.8 Å². The fourth-order valence-electron chi connectivity index (χ4n) is 2.56. The van der Waals surface area contributed by atoms with Crippen molar-refractivity contribution in [2.75, 3.05) is 11.9 Å². The fourth-order valence-corrected chi connectivity index (χ4v) is 3.73. The number of hydrogen-bond acceptors (Lipinski definition) is 5. The Bertz CT molecular complexity index is 954. The Balaban J connectivity index is 1.92. The number of rotatable bonds is 7. The Labute approximate surface area is 166 Å². The molecule has 1 heterocycles. The summed E-state index contributed by atoms with van der Waals surface area (Å²) >= 11 is 7.50. The molecule has 0 aliphatic rings. The number of anilines is 2. The average molecular weight is 403 g/mol. The lowest BCUT2D eigenvalue weighted by Gasteiger charge is -2.05. The van der Waals surface area contributed by atoms with Crippen LogP contribution in [0.25, 0.3) is 11.3 Å². The Morgan fingerprint density at radius 1 is 1.26 bits per heavy atom. The lowest BCUT2D eigenvalue weighted by atomic mass is 10.1. The largest absolute Gasteiger partial charge is 0.494 e. The highest BCUT2D eigenvalue weighted by Crippen LogP contribution is 2.34. The van der Waals surface area contributed by atoms with Gasteiger partial charge >= 0.3 is 5.97 Å². The summed E-state index contributed by atoms with van der Waals surface area (Å²) in [6, 6.07) is 13.1.